The third-order valence-corrected chi connectivity index (χ3v) is 5.29. The first-order valence-corrected chi connectivity index (χ1v) is 9.82. The normalized spacial score (nSPS) is 15.1. The lowest BCUT2D eigenvalue weighted by atomic mass is 10.0. The first-order chi connectivity index (χ1) is 14.0. The lowest BCUT2D eigenvalue weighted by Gasteiger charge is -2.35. The summed E-state index contributed by atoms with van der Waals surface area (Å²) in [5, 5.41) is 13.7. The molecule has 0 amide bonds. The molecule has 2 heterocycles. The quantitative estimate of drug-likeness (QED) is 0.633. The van der Waals surface area contributed by atoms with Crippen molar-refractivity contribution in [1.29, 1.82) is 0 Å². The van der Waals surface area contributed by atoms with Crippen LogP contribution in [-0.4, -0.2) is 45.6 Å². The molecule has 4 rings (SSSR count). The molecule has 1 aliphatic heterocycles. The lowest BCUT2D eigenvalue weighted by molar-refractivity contribution is 0.0699. The van der Waals surface area contributed by atoms with Crippen molar-refractivity contribution >= 4 is 22.7 Å². The predicted octanol–water partition coefficient (Wildman–Crippen LogP) is 3.89. The van der Waals surface area contributed by atoms with Crippen LogP contribution in [0.2, 0.25) is 0 Å². The number of hydrogen-bond acceptors (Lipinski definition) is 5. The topological polar surface area (TPSA) is 78.4 Å². The molecule has 2 aromatic carbocycles. The number of carboxylic acid groups (broad SMARTS) is 1. The van der Waals surface area contributed by atoms with Gasteiger partial charge in [0.15, 0.2) is 0 Å². The van der Waals surface area contributed by atoms with Crippen LogP contribution in [0.4, 0.5) is 10.2 Å². The molecule has 0 saturated carbocycles. The second-order valence-electron chi connectivity index (χ2n) is 7.25. The zero-order valence-corrected chi connectivity index (χ0v) is 16.2. The summed E-state index contributed by atoms with van der Waals surface area (Å²) in [6.45, 7) is 4.77. The molecule has 1 atom stereocenters. The maximum Gasteiger partial charge on any atom is 0.337 e. The second-order valence-corrected chi connectivity index (χ2v) is 7.25. The third kappa shape index (κ3) is 4.05. The molecular formula is C22H23FN4O2. The van der Waals surface area contributed by atoms with Gasteiger partial charge in [0.25, 0.3) is 0 Å². The predicted molar refractivity (Wildman–Crippen MR) is 110 cm³/mol. The average molecular weight is 394 g/mol. The van der Waals surface area contributed by atoms with Crippen molar-refractivity contribution in [2.75, 3.05) is 25.0 Å². The fourth-order valence-corrected chi connectivity index (χ4v) is 3.56. The summed E-state index contributed by atoms with van der Waals surface area (Å²) in [4.78, 5) is 23.1. The van der Waals surface area contributed by atoms with Crippen molar-refractivity contribution in [3.8, 4) is 0 Å². The van der Waals surface area contributed by atoms with E-state index in [1.165, 1.54) is 18.6 Å². The van der Waals surface area contributed by atoms with Crippen LogP contribution in [0.1, 0.15) is 41.1 Å². The molecule has 0 radical (unpaired) electrons. The first-order valence-electron chi connectivity index (χ1n) is 9.82. The Kier molecular flexibility index (Phi) is 5.40. The molecule has 0 unspecified atom stereocenters. The monoisotopic (exact) mass is 394 g/mol. The number of anilines is 1. The van der Waals surface area contributed by atoms with Crippen LogP contribution in [-0.2, 0) is 6.42 Å². The Morgan fingerprint density at radius 3 is 2.59 bits per heavy atom. The highest BCUT2D eigenvalue weighted by atomic mass is 19.1. The van der Waals surface area contributed by atoms with Crippen LogP contribution in [0.3, 0.4) is 0 Å². The zero-order chi connectivity index (χ0) is 20.4. The van der Waals surface area contributed by atoms with E-state index in [0.717, 1.165) is 25.2 Å². The Morgan fingerprint density at radius 2 is 1.97 bits per heavy atom. The van der Waals surface area contributed by atoms with E-state index in [2.05, 4.69) is 20.2 Å². The van der Waals surface area contributed by atoms with Gasteiger partial charge in [0.05, 0.1) is 17.1 Å². The van der Waals surface area contributed by atoms with Crippen molar-refractivity contribution in [2.45, 2.75) is 25.8 Å². The molecule has 0 aliphatic carbocycles. The average Bonchev–Trinajstić information content (AvgIpc) is 2.69. The number of fused-ring (bicyclic) bond motifs is 1. The highest BCUT2D eigenvalue weighted by molar-refractivity contribution is 6.04. The van der Waals surface area contributed by atoms with Gasteiger partial charge in [0.1, 0.15) is 17.5 Å². The van der Waals surface area contributed by atoms with Crippen LogP contribution in [0.5, 0.6) is 0 Å². The summed E-state index contributed by atoms with van der Waals surface area (Å²) < 4.78 is 13.4. The van der Waals surface area contributed by atoms with Crippen LogP contribution >= 0.6 is 0 Å². The number of aryl methyl sites for hydroxylation is 1. The largest absolute Gasteiger partial charge is 0.478 e. The van der Waals surface area contributed by atoms with Gasteiger partial charge in [-0.25, -0.2) is 19.2 Å². The van der Waals surface area contributed by atoms with Gasteiger partial charge in [-0.3, -0.25) is 0 Å². The molecule has 3 aromatic rings. The Balaban J connectivity index is 1.77. The fraction of sp³-hybridized carbons (Fsp3) is 0.318. The minimum Gasteiger partial charge on any atom is -0.478 e. The number of hydrogen-bond donors (Lipinski definition) is 2. The molecule has 7 heteroatoms. The number of benzene rings is 2. The number of rotatable bonds is 7. The summed E-state index contributed by atoms with van der Waals surface area (Å²) in [7, 11) is 0. The van der Waals surface area contributed by atoms with Crippen molar-refractivity contribution in [3.63, 3.8) is 0 Å². The number of nitrogens with one attached hydrogen (secondary N) is 1. The summed E-state index contributed by atoms with van der Waals surface area (Å²) in [6, 6.07) is 11.4. The maximum absolute atomic E-state index is 13.4. The van der Waals surface area contributed by atoms with Crippen molar-refractivity contribution in [3.05, 3.63) is 65.2 Å². The number of carbonyl (C=O) groups is 1. The third-order valence-electron chi connectivity index (χ3n) is 5.29. The highest BCUT2D eigenvalue weighted by Crippen LogP contribution is 2.28. The molecule has 29 heavy (non-hydrogen) atoms. The van der Waals surface area contributed by atoms with E-state index in [9.17, 15) is 14.3 Å². The van der Waals surface area contributed by atoms with Gasteiger partial charge in [-0.15, -0.1) is 0 Å². The van der Waals surface area contributed by atoms with E-state index >= 15 is 0 Å². The zero-order valence-electron chi connectivity index (χ0n) is 16.2. The Hall–Kier alpha value is -3.06. The Morgan fingerprint density at radius 1 is 1.21 bits per heavy atom. The second kappa shape index (κ2) is 8.13. The van der Waals surface area contributed by atoms with E-state index < -0.39 is 5.97 Å². The summed E-state index contributed by atoms with van der Waals surface area (Å²) in [5.41, 5.74) is 1.54. The van der Waals surface area contributed by atoms with Gasteiger partial charge in [0, 0.05) is 18.4 Å². The number of carboxylic acids is 1. The van der Waals surface area contributed by atoms with Crippen LogP contribution in [0.25, 0.3) is 10.9 Å². The SMILES string of the molecule is CCc1nc(N[C@H](CN2CCC2)c2ccc(F)cc2)c2cccc(C(=O)O)c2n1. The number of nitrogens with zero attached hydrogens (tertiary/aromatic N) is 3. The van der Waals surface area contributed by atoms with Gasteiger partial charge < -0.3 is 15.3 Å². The molecule has 6 nitrogen and oxygen atoms in total. The Bertz CT molecular complexity index is 1030. The smallest absolute Gasteiger partial charge is 0.337 e. The summed E-state index contributed by atoms with van der Waals surface area (Å²) >= 11 is 0. The number of likely N-dealkylation sites (tertiary alicyclic amines) is 1. The fourth-order valence-electron chi connectivity index (χ4n) is 3.56. The van der Waals surface area contributed by atoms with E-state index in [0.29, 0.717) is 29.0 Å². The van der Waals surface area contributed by atoms with E-state index in [-0.39, 0.29) is 17.4 Å². The number of halogens is 1. The van der Waals surface area contributed by atoms with E-state index in [1.54, 1.807) is 24.3 Å². The molecule has 1 fully saturated rings. The van der Waals surface area contributed by atoms with E-state index in [4.69, 9.17) is 0 Å². The number of para-hydroxylation sites is 1. The molecule has 0 bridgehead atoms. The molecule has 1 aliphatic rings. The van der Waals surface area contributed by atoms with Gasteiger partial charge in [-0.1, -0.05) is 25.1 Å². The van der Waals surface area contributed by atoms with Crippen molar-refractivity contribution in [2.24, 2.45) is 0 Å². The van der Waals surface area contributed by atoms with Crippen LogP contribution in [0.15, 0.2) is 42.5 Å². The number of aromatic carboxylic acids is 1. The Labute approximate surface area is 168 Å². The van der Waals surface area contributed by atoms with E-state index in [1.807, 2.05) is 13.0 Å². The van der Waals surface area contributed by atoms with Crippen molar-refractivity contribution < 1.29 is 14.3 Å². The molecule has 1 aromatic heterocycles. The first kappa shape index (κ1) is 19.3. The minimum atomic E-state index is -1.02. The van der Waals surface area contributed by atoms with Crippen LogP contribution in [0, 0.1) is 5.82 Å². The van der Waals surface area contributed by atoms with Gasteiger partial charge in [0.2, 0.25) is 0 Å². The van der Waals surface area contributed by atoms with Gasteiger partial charge in [-0.05, 0) is 49.3 Å². The standard InChI is InChI=1S/C22H23FN4O2/c1-2-19-25-20-16(5-3-6-17(20)22(28)29)21(26-19)24-18(13-27-11-4-12-27)14-7-9-15(23)10-8-14/h3,5-10,18H,2,4,11-13H2,1H3,(H,28,29)(H,24,25,26)/t18-/m1/s1. The van der Waals surface area contributed by atoms with Gasteiger partial charge in [-0.2, -0.15) is 0 Å². The minimum absolute atomic E-state index is 0.104. The molecule has 150 valence electrons. The molecule has 1 saturated heterocycles. The highest BCUT2D eigenvalue weighted by Gasteiger charge is 2.23. The molecule has 2 N–H and O–H groups in total. The lowest BCUT2D eigenvalue weighted by Crippen LogP contribution is -2.41. The number of aromatic nitrogens is 2. The van der Waals surface area contributed by atoms with Gasteiger partial charge >= 0.3 is 5.97 Å². The summed E-state index contributed by atoms with van der Waals surface area (Å²) in [5.74, 6) is -0.110. The molecule has 0 spiro atoms. The van der Waals surface area contributed by atoms with Crippen molar-refractivity contribution in [1.82, 2.24) is 14.9 Å². The maximum atomic E-state index is 13.4. The molecular weight excluding hydrogens is 371 g/mol. The summed E-state index contributed by atoms with van der Waals surface area (Å²) in [6.07, 6.45) is 1.76. The van der Waals surface area contributed by atoms with Crippen LogP contribution < -0.4 is 5.32 Å².